The fraction of sp³-hybridized carbons (Fsp3) is 1.00. The van der Waals surface area contributed by atoms with Crippen LogP contribution in [0.2, 0.25) is 0 Å². The first kappa shape index (κ1) is 25.8. The van der Waals surface area contributed by atoms with Gasteiger partial charge in [-0.15, -0.1) is 0 Å². The average Bonchev–Trinajstić information content (AvgIpc) is 2.54. The topological polar surface area (TPSA) is 35.8 Å². The van der Waals surface area contributed by atoms with Gasteiger partial charge < -0.3 is 5.11 Å². The molecular formula is C18H44N2OP2. The van der Waals surface area contributed by atoms with E-state index in [1.54, 1.807) is 16.0 Å². The highest BCUT2D eigenvalue weighted by Gasteiger charge is 2.03. The van der Waals surface area contributed by atoms with E-state index in [1.165, 1.54) is 90.1 Å². The lowest BCUT2D eigenvalue weighted by molar-refractivity contribution is 0.318. The summed E-state index contributed by atoms with van der Waals surface area (Å²) in [6.07, 6.45) is 16.8. The minimum atomic E-state index is 0.250. The van der Waals surface area contributed by atoms with Crippen molar-refractivity contribution in [2.45, 2.75) is 97.8 Å². The highest BCUT2D eigenvalue weighted by Crippen LogP contribution is 2.22. The maximum Gasteiger partial charge on any atom is 0.0715 e. The van der Waals surface area contributed by atoms with Crippen molar-refractivity contribution in [2.75, 3.05) is 19.7 Å². The lowest BCUT2D eigenvalue weighted by Gasteiger charge is -2.19. The normalized spacial score (nSPS) is 11.2. The Hall–Kier alpha value is 0.580. The van der Waals surface area contributed by atoms with Crippen LogP contribution in [0.15, 0.2) is 4.52 Å². The zero-order chi connectivity index (χ0) is 17.6. The molecule has 0 aromatic rings. The Labute approximate surface area is 150 Å². The molecule has 0 aliphatic rings. The van der Waals surface area contributed by atoms with E-state index in [2.05, 4.69) is 23.0 Å². The first-order chi connectivity index (χ1) is 11.3. The number of hydrogen-bond acceptors (Lipinski definition) is 3. The zero-order valence-corrected chi connectivity index (χ0v) is 18.6. The first-order valence-electron chi connectivity index (χ1n) is 9.83. The van der Waals surface area contributed by atoms with Crippen molar-refractivity contribution in [2.24, 2.45) is 4.52 Å². The lowest BCUT2D eigenvalue weighted by Crippen LogP contribution is -2.16. The minimum Gasteiger partial charge on any atom is -0.397 e. The molecule has 0 fully saturated rings. The van der Waals surface area contributed by atoms with Gasteiger partial charge in [0.1, 0.15) is 0 Å². The van der Waals surface area contributed by atoms with E-state index in [0.29, 0.717) is 8.88 Å². The predicted molar refractivity (Wildman–Crippen MR) is 113 cm³/mol. The lowest BCUT2D eigenvalue weighted by atomic mass is 10.1. The third-order valence-corrected chi connectivity index (χ3v) is 5.07. The maximum atomic E-state index is 7.57. The third-order valence-electron chi connectivity index (χ3n) is 3.78. The van der Waals surface area contributed by atoms with Crippen molar-refractivity contribution >= 4 is 17.9 Å². The molecule has 23 heavy (non-hydrogen) atoms. The number of unbranched alkanes of at least 4 members (excludes halogenated alkanes) is 10. The second-order valence-corrected chi connectivity index (χ2v) is 8.19. The molecule has 5 heteroatoms. The van der Waals surface area contributed by atoms with Gasteiger partial charge >= 0.3 is 0 Å². The van der Waals surface area contributed by atoms with Crippen molar-refractivity contribution in [3.63, 3.8) is 0 Å². The van der Waals surface area contributed by atoms with Gasteiger partial charge in [0.2, 0.25) is 0 Å². The molecule has 0 amide bonds. The number of nitrogens with zero attached hydrogens (tertiary/aromatic N) is 2. The second kappa shape index (κ2) is 24.8. The Balaban J connectivity index is 0. The highest BCUT2D eigenvalue weighted by atomic mass is 31.1. The molecule has 0 aromatic carbocycles. The quantitative estimate of drug-likeness (QED) is 0.257. The number of hydrogen-bond donors (Lipinski definition) is 1. The number of aliphatic hydroxyl groups is 1. The van der Waals surface area contributed by atoms with Crippen molar-refractivity contribution in [1.82, 2.24) is 4.67 Å². The second-order valence-electron chi connectivity index (χ2n) is 6.10. The van der Waals surface area contributed by atoms with Crippen molar-refractivity contribution < 1.29 is 5.11 Å². The summed E-state index contributed by atoms with van der Waals surface area (Å²) in [4.78, 5) is 0. The van der Waals surface area contributed by atoms with Crippen molar-refractivity contribution in [1.29, 1.82) is 0 Å². The molecular weight excluding hydrogens is 322 g/mol. The van der Waals surface area contributed by atoms with Crippen LogP contribution in [0.5, 0.6) is 0 Å². The van der Waals surface area contributed by atoms with Crippen LogP contribution in [-0.2, 0) is 0 Å². The van der Waals surface area contributed by atoms with Gasteiger partial charge in [0.25, 0.3) is 0 Å². The van der Waals surface area contributed by atoms with Crippen LogP contribution in [0.1, 0.15) is 97.8 Å². The molecule has 0 radical (unpaired) electrons. The van der Waals surface area contributed by atoms with Crippen LogP contribution in [0.4, 0.5) is 0 Å². The van der Waals surface area contributed by atoms with Gasteiger partial charge in [-0.1, -0.05) is 87.1 Å². The summed E-state index contributed by atoms with van der Waals surface area (Å²) in [6.45, 7) is 9.03. The molecule has 0 aliphatic heterocycles. The van der Waals surface area contributed by atoms with Crippen LogP contribution in [0.25, 0.3) is 0 Å². The highest BCUT2D eigenvalue weighted by molar-refractivity contribution is 7.38. The van der Waals surface area contributed by atoms with E-state index < -0.39 is 0 Å². The van der Waals surface area contributed by atoms with Crippen LogP contribution in [0.3, 0.4) is 0 Å². The molecule has 0 heterocycles. The largest absolute Gasteiger partial charge is 0.397 e. The molecule has 3 nitrogen and oxygen atoms in total. The van der Waals surface area contributed by atoms with Crippen LogP contribution in [-0.4, -0.2) is 29.5 Å². The molecule has 0 spiro atoms. The predicted octanol–water partition coefficient (Wildman–Crippen LogP) is 6.31. The Morgan fingerprint density at radius 1 is 0.739 bits per heavy atom. The Morgan fingerprint density at radius 3 is 1.43 bits per heavy atom. The fourth-order valence-corrected chi connectivity index (χ4v) is 3.79. The third kappa shape index (κ3) is 24.9. The number of aliphatic hydroxyl groups excluding tert-OH is 1. The summed E-state index contributed by atoms with van der Waals surface area (Å²) < 4.78 is 6.95. The summed E-state index contributed by atoms with van der Waals surface area (Å²) >= 11 is 0. The molecule has 1 N–H and O–H groups in total. The molecule has 2 unspecified atom stereocenters. The van der Waals surface area contributed by atoms with Gasteiger partial charge in [0.05, 0.1) is 8.88 Å². The van der Waals surface area contributed by atoms with Crippen LogP contribution in [0, 0.1) is 0 Å². The van der Waals surface area contributed by atoms with Gasteiger partial charge in [0, 0.05) is 19.7 Å². The average molecular weight is 367 g/mol. The molecule has 0 saturated heterocycles. The Kier molecular flexibility index (Phi) is 27.9. The van der Waals surface area contributed by atoms with Crippen molar-refractivity contribution in [3.05, 3.63) is 0 Å². The van der Waals surface area contributed by atoms with E-state index in [4.69, 9.17) is 5.11 Å². The van der Waals surface area contributed by atoms with E-state index >= 15 is 0 Å². The van der Waals surface area contributed by atoms with E-state index in [1.807, 2.05) is 0 Å². The molecule has 2 atom stereocenters. The number of rotatable bonds is 16. The maximum absolute atomic E-state index is 7.57. The standard InChI is InChI=1S/C16H38N2P2.C2H6O/c1-3-5-7-9-11-13-15-18(20-17-19)16-14-12-10-8-6-4-2;1-2-3/h20H,3-16H2,1-2,19H3;3H,2H2,1H3. The molecule has 0 bridgehead atoms. The SMILES string of the molecule is CCCCCCCCN(CCCCCCCC)PN=[PH3].CCO. The Bertz CT molecular complexity index is 203. The summed E-state index contributed by atoms with van der Waals surface area (Å²) in [6, 6.07) is 0. The molecule has 0 aliphatic carbocycles. The van der Waals surface area contributed by atoms with Crippen LogP contribution < -0.4 is 0 Å². The van der Waals surface area contributed by atoms with Gasteiger partial charge in [0.15, 0.2) is 0 Å². The summed E-state index contributed by atoms with van der Waals surface area (Å²) in [5, 5.41) is 7.57. The molecule has 0 rings (SSSR count). The van der Waals surface area contributed by atoms with Gasteiger partial charge in [-0.3, -0.25) is 9.19 Å². The smallest absolute Gasteiger partial charge is 0.0715 e. The monoisotopic (exact) mass is 366 g/mol. The zero-order valence-electron chi connectivity index (χ0n) is 16.2. The fourth-order valence-electron chi connectivity index (χ4n) is 2.48. The van der Waals surface area contributed by atoms with Crippen LogP contribution >= 0.6 is 17.9 Å². The van der Waals surface area contributed by atoms with E-state index in [-0.39, 0.29) is 6.61 Å². The Morgan fingerprint density at radius 2 is 1.09 bits per heavy atom. The first-order valence-corrected chi connectivity index (χ1v) is 11.4. The molecule has 142 valence electrons. The van der Waals surface area contributed by atoms with E-state index in [9.17, 15) is 0 Å². The van der Waals surface area contributed by atoms with Gasteiger partial charge in [-0.25, -0.2) is 0 Å². The summed E-state index contributed by atoms with van der Waals surface area (Å²) in [5.74, 6) is 0. The van der Waals surface area contributed by atoms with Crippen molar-refractivity contribution in [3.8, 4) is 0 Å². The van der Waals surface area contributed by atoms with Gasteiger partial charge in [-0.2, -0.15) is 0 Å². The van der Waals surface area contributed by atoms with E-state index in [0.717, 1.165) is 0 Å². The molecule has 0 saturated carbocycles. The summed E-state index contributed by atoms with van der Waals surface area (Å²) in [5.41, 5.74) is 0. The van der Waals surface area contributed by atoms with Gasteiger partial charge in [-0.05, 0) is 19.8 Å². The minimum absolute atomic E-state index is 0.250. The summed E-state index contributed by atoms with van der Waals surface area (Å²) in [7, 11) is 2.46. The molecule has 0 aromatic heterocycles.